The Morgan fingerprint density at radius 2 is 1.75 bits per heavy atom. The summed E-state index contributed by atoms with van der Waals surface area (Å²) < 4.78 is 15.1. The minimum absolute atomic E-state index is 0.543. The molecule has 0 aliphatic heterocycles. The normalized spacial score (nSPS) is 12.0. The fourth-order valence-electron chi connectivity index (χ4n) is 0.662. The van der Waals surface area contributed by atoms with Crippen molar-refractivity contribution in [2.45, 2.75) is 12.8 Å². The summed E-state index contributed by atoms with van der Waals surface area (Å²) in [6.07, 6.45) is 1.81. The standard InChI is InChI=1S/C6H18N2O3Si/c1-9-12(8,10-2)11-6-4-3-5-7/h3-8H2,1-2H3. The number of unbranched alkanes of at least 4 members (excludes halogenated alkanes) is 1. The van der Waals surface area contributed by atoms with E-state index in [9.17, 15) is 0 Å². The lowest BCUT2D eigenvalue weighted by Gasteiger charge is -2.20. The summed E-state index contributed by atoms with van der Waals surface area (Å²) in [6, 6.07) is 0. The lowest BCUT2D eigenvalue weighted by Crippen LogP contribution is -2.54. The van der Waals surface area contributed by atoms with Gasteiger partial charge >= 0.3 is 8.97 Å². The van der Waals surface area contributed by atoms with Crippen molar-refractivity contribution in [1.29, 1.82) is 0 Å². The third-order valence-electron chi connectivity index (χ3n) is 1.47. The van der Waals surface area contributed by atoms with Gasteiger partial charge in [0.25, 0.3) is 0 Å². The highest BCUT2D eigenvalue weighted by molar-refractivity contribution is 6.56. The van der Waals surface area contributed by atoms with Gasteiger partial charge in [-0.3, -0.25) is 5.40 Å². The van der Waals surface area contributed by atoms with E-state index in [1.54, 1.807) is 0 Å². The molecule has 0 spiro atoms. The fraction of sp³-hybridized carbons (Fsp3) is 1.00. The van der Waals surface area contributed by atoms with Crippen molar-refractivity contribution >= 4 is 8.97 Å². The Hall–Kier alpha value is 0.0169. The maximum atomic E-state index is 5.62. The average molecular weight is 194 g/mol. The number of nitrogens with two attached hydrogens (primary N) is 2. The third-order valence-corrected chi connectivity index (χ3v) is 3.22. The molecule has 0 amide bonds. The van der Waals surface area contributed by atoms with Crippen molar-refractivity contribution in [3.05, 3.63) is 0 Å². The largest absolute Gasteiger partial charge is 0.593 e. The van der Waals surface area contributed by atoms with Crippen molar-refractivity contribution in [3.8, 4) is 0 Å². The monoisotopic (exact) mass is 194 g/mol. The van der Waals surface area contributed by atoms with Crippen molar-refractivity contribution in [1.82, 2.24) is 0 Å². The van der Waals surface area contributed by atoms with Crippen LogP contribution in [0.15, 0.2) is 0 Å². The number of hydrogen-bond donors (Lipinski definition) is 2. The van der Waals surface area contributed by atoms with Crippen molar-refractivity contribution in [2.24, 2.45) is 11.1 Å². The molecule has 0 saturated heterocycles. The van der Waals surface area contributed by atoms with Crippen LogP contribution in [0.1, 0.15) is 12.8 Å². The molecule has 0 atom stereocenters. The summed E-state index contributed by atoms with van der Waals surface area (Å²) in [4.78, 5) is 0. The molecule has 0 rings (SSSR count). The van der Waals surface area contributed by atoms with Crippen LogP contribution in [0.5, 0.6) is 0 Å². The Morgan fingerprint density at radius 3 is 2.17 bits per heavy atom. The summed E-state index contributed by atoms with van der Waals surface area (Å²) >= 11 is 0. The molecule has 4 N–H and O–H groups in total. The Bertz CT molecular complexity index is 111. The Morgan fingerprint density at radius 1 is 1.17 bits per heavy atom. The van der Waals surface area contributed by atoms with Gasteiger partial charge in [0.15, 0.2) is 0 Å². The molecular formula is C6H18N2O3Si. The Kier molecular flexibility index (Phi) is 6.53. The first-order valence-electron chi connectivity index (χ1n) is 3.91. The smallest absolute Gasteiger partial charge is 0.365 e. The quantitative estimate of drug-likeness (QED) is 0.419. The van der Waals surface area contributed by atoms with E-state index in [1.165, 1.54) is 14.2 Å². The second-order valence-electron chi connectivity index (χ2n) is 2.36. The third kappa shape index (κ3) is 4.81. The van der Waals surface area contributed by atoms with Crippen LogP contribution >= 0.6 is 0 Å². The highest BCUT2D eigenvalue weighted by Crippen LogP contribution is 2.00. The van der Waals surface area contributed by atoms with Gasteiger partial charge in [0.2, 0.25) is 0 Å². The van der Waals surface area contributed by atoms with Crippen LogP contribution in [0.2, 0.25) is 0 Å². The van der Waals surface area contributed by atoms with Gasteiger partial charge in [-0.1, -0.05) is 0 Å². The molecule has 0 radical (unpaired) electrons. The predicted molar refractivity (Wildman–Crippen MR) is 48.2 cm³/mol. The molecule has 74 valence electrons. The number of hydrogen-bond acceptors (Lipinski definition) is 5. The van der Waals surface area contributed by atoms with Crippen molar-refractivity contribution < 1.29 is 13.3 Å². The summed E-state index contributed by atoms with van der Waals surface area (Å²) in [5.41, 5.74) is 5.31. The molecule has 12 heavy (non-hydrogen) atoms. The van der Waals surface area contributed by atoms with E-state index >= 15 is 0 Å². The molecule has 5 nitrogen and oxygen atoms in total. The van der Waals surface area contributed by atoms with E-state index in [2.05, 4.69) is 0 Å². The first-order valence-corrected chi connectivity index (χ1v) is 5.72. The van der Waals surface area contributed by atoms with Crippen LogP contribution in [-0.2, 0) is 13.3 Å². The maximum absolute atomic E-state index is 5.62. The molecule has 0 aromatic rings. The zero-order chi connectivity index (χ0) is 9.45. The summed E-state index contributed by atoms with van der Waals surface area (Å²) in [6.45, 7) is 1.21. The zero-order valence-electron chi connectivity index (χ0n) is 7.71. The van der Waals surface area contributed by atoms with E-state index < -0.39 is 8.97 Å². The molecule has 0 aliphatic carbocycles. The lowest BCUT2D eigenvalue weighted by atomic mass is 10.3. The van der Waals surface area contributed by atoms with Gasteiger partial charge in [-0.2, -0.15) is 0 Å². The SMILES string of the molecule is CO[Si](N)(OC)OCCCCN. The fourth-order valence-corrected chi connectivity index (χ4v) is 1.49. The van der Waals surface area contributed by atoms with Crippen LogP contribution in [0, 0.1) is 0 Å². The van der Waals surface area contributed by atoms with Gasteiger partial charge in [-0.05, 0) is 19.4 Å². The van der Waals surface area contributed by atoms with E-state index in [-0.39, 0.29) is 0 Å². The molecule has 0 unspecified atom stereocenters. The molecule has 6 heteroatoms. The van der Waals surface area contributed by atoms with E-state index in [4.69, 9.17) is 24.4 Å². The van der Waals surface area contributed by atoms with Crippen molar-refractivity contribution in [3.63, 3.8) is 0 Å². The summed E-state index contributed by atoms with van der Waals surface area (Å²) in [5.74, 6) is 0. The minimum atomic E-state index is -2.79. The summed E-state index contributed by atoms with van der Waals surface area (Å²) in [5, 5.41) is 5.62. The van der Waals surface area contributed by atoms with Crippen LogP contribution in [0.4, 0.5) is 0 Å². The number of rotatable bonds is 7. The minimum Gasteiger partial charge on any atom is -0.365 e. The molecule has 0 aliphatic rings. The summed E-state index contributed by atoms with van der Waals surface area (Å²) in [7, 11) is 0.181. The van der Waals surface area contributed by atoms with Gasteiger partial charge in [-0.25, -0.2) is 0 Å². The van der Waals surface area contributed by atoms with E-state index in [0.717, 1.165) is 12.8 Å². The zero-order valence-corrected chi connectivity index (χ0v) is 8.71. The molecule has 0 bridgehead atoms. The van der Waals surface area contributed by atoms with E-state index in [1.807, 2.05) is 0 Å². The Balaban J connectivity index is 3.45. The topological polar surface area (TPSA) is 79.7 Å². The highest BCUT2D eigenvalue weighted by Gasteiger charge is 2.34. The second-order valence-corrected chi connectivity index (χ2v) is 4.67. The van der Waals surface area contributed by atoms with Crippen LogP contribution in [-0.4, -0.2) is 36.3 Å². The molecule has 0 heterocycles. The maximum Gasteiger partial charge on any atom is 0.593 e. The first kappa shape index (κ1) is 12.0. The first-order chi connectivity index (χ1) is 5.68. The average Bonchev–Trinajstić information content (AvgIpc) is 2.12. The van der Waals surface area contributed by atoms with Crippen LogP contribution in [0.3, 0.4) is 0 Å². The van der Waals surface area contributed by atoms with E-state index in [0.29, 0.717) is 13.2 Å². The van der Waals surface area contributed by atoms with Gasteiger partial charge < -0.3 is 19.0 Å². The molecular weight excluding hydrogens is 176 g/mol. The predicted octanol–water partition coefficient (Wildman–Crippen LogP) is -0.571. The van der Waals surface area contributed by atoms with Crippen LogP contribution in [0.25, 0.3) is 0 Å². The lowest BCUT2D eigenvalue weighted by molar-refractivity contribution is 0.0978. The van der Waals surface area contributed by atoms with Gasteiger partial charge in [0.05, 0.1) is 0 Å². The second kappa shape index (κ2) is 6.52. The van der Waals surface area contributed by atoms with Gasteiger partial charge in [0, 0.05) is 20.8 Å². The van der Waals surface area contributed by atoms with Gasteiger partial charge in [-0.15, -0.1) is 0 Å². The molecule has 0 saturated carbocycles. The molecule has 0 fully saturated rings. The molecule has 0 aromatic carbocycles. The van der Waals surface area contributed by atoms with Crippen molar-refractivity contribution in [2.75, 3.05) is 27.4 Å². The van der Waals surface area contributed by atoms with Gasteiger partial charge in [0.1, 0.15) is 0 Å². The highest BCUT2D eigenvalue weighted by atomic mass is 28.4. The Labute approximate surface area is 74.4 Å². The molecule has 0 aromatic heterocycles. The van der Waals surface area contributed by atoms with Crippen LogP contribution < -0.4 is 11.1 Å².